The third kappa shape index (κ3) is 2.36. The second-order valence-corrected chi connectivity index (χ2v) is 6.30. The van der Waals surface area contributed by atoms with E-state index in [1.807, 2.05) is 0 Å². The third-order valence-electron chi connectivity index (χ3n) is 4.03. The van der Waals surface area contributed by atoms with E-state index < -0.39 is 0 Å². The van der Waals surface area contributed by atoms with E-state index in [0.29, 0.717) is 27.2 Å². The van der Waals surface area contributed by atoms with E-state index in [2.05, 4.69) is 9.97 Å². The van der Waals surface area contributed by atoms with Gasteiger partial charge in [-0.3, -0.25) is 9.59 Å². The number of aromatic amines is 1. The highest BCUT2D eigenvalue weighted by Crippen LogP contribution is 2.29. The maximum absolute atomic E-state index is 12.8. The number of aryl methyl sites for hydroxylation is 1. The van der Waals surface area contributed by atoms with Crippen LogP contribution in [0.25, 0.3) is 10.2 Å². The second kappa shape index (κ2) is 5.57. The molecule has 0 bridgehead atoms. The summed E-state index contributed by atoms with van der Waals surface area (Å²) < 4.78 is 0. The standard InChI is InChI=1S/C14H17N3O3S/c1-8-10-12(19)15-7-16-13(10)21-11(8)14(20)17-5-3-2-4-9(17)6-18/h7,9,18H,2-6H2,1H3,(H,15,16,19). The number of likely N-dealkylation sites (tertiary alicyclic amines) is 1. The maximum Gasteiger partial charge on any atom is 0.264 e. The molecule has 0 aliphatic carbocycles. The summed E-state index contributed by atoms with van der Waals surface area (Å²) in [7, 11) is 0. The van der Waals surface area contributed by atoms with Gasteiger partial charge >= 0.3 is 0 Å². The zero-order chi connectivity index (χ0) is 15.0. The summed E-state index contributed by atoms with van der Waals surface area (Å²) in [6.07, 6.45) is 4.16. The molecule has 0 spiro atoms. The van der Waals surface area contributed by atoms with Crippen LogP contribution in [0.4, 0.5) is 0 Å². The van der Waals surface area contributed by atoms with Crippen molar-refractivity contribution in [3.8, 4) is 0 Å². The molecule has 7 heteroatoms. The predicted octanol–water partition coefficient (Wildman–Crippen LogP) is 1.28. The van der Waals surface area contributed by atoms with Gasteiger partial charge in [0.25, 0.3) is 11.5 Å². The van der Waals surface area contributed by atoms with E-state index in [-0.39, 0.29) is 24.1 Å². The Kier molecular flexibility index (Phi) is 3.77. The van der Waals surface area contributed by atoms with Crippen LogP contribution < -0.4 is 5.56 Å². The fourth-order valence-corrected chi connectivity index (χ4v) is 3.98. The van der Waals surface area contributed by atoms with Crippen molar-refractivity contribution in [3.63, 3.8) is 0 Å². The van der Waals surface area contributed by atoms with Gasteiger partial charge in [-0.1, -0.05) is 0 Å². The van der Waals surface area contributed by atoms with Crippen LogP contribution in [0.2, 0.25) is 0 Å². The molecule has 1 unspecified atom stereocenters. The number of amides is 1. The molecule has 1 atom stereocenters. The van der Waals surface area contributed by atoms with Gasteiger partial charge in [0, 0.05) is 6.54 Å². The van der Waals surface area contributed by atoms with Crippen LogP contribution in [-0.4, -0.2) is 45.1 Å². The van der Waals surface area contributed by atoms with Crippen molar-refractivity contribution < 1.29 is 9.90 Å². The van der Waals surface area contributed by atoms with E-state index in [1.54, 1.807) is 11.8 Å². The van der Waals surface area contributed by atoms with Crippen LogP contribution in [0, 0.1) is 6.92 Å². The number of hydrogen-bond donors (Lipinski definition) is 2. The molecule has 1 saturated heterocycles. The Morgan fingerprint density at radius 2 is 2.38 bits per heavy atom. The Labute approximate surface area is 125 Å². The molecule has 0 radical (unpaired) electrons. The molecule has 21 heavy (non-hydrogen) atoms. The molecule has 1 aliphatic heterocycles. The smallest absolute Gasteiger partial charge is 0.264 e. The summed E-state index contributed by atoms with van der Waals surface area (Å²) in [5.74, 6) is -0.103. The van der Waals surface area contributed by atoms with Crippen molar-refractivity contribution in [1.82, 2.24) is 14.9 Å². The minimum Gasteiger partial charge on any atom is -0.394 e. The van der Waals surface area contributed by atoms with Crippen molar-refractivity contribution in [2.75, 3.05) is 13.2 Å². The number of nitrogens with one attached hydrogen (secondary N) is 1. The van der Waals surface area contributed by atoms with Crippen LogP contribution >= 0.6 is 11.3 Å². The summed E-state index contributed by atoms with van der Waals surface area (Å²) in [4.78, 5) is 34.2. The Morgan fingerprint density at radius 3 is 3.10 bits per heavy atom. The highest BCUT2D eigenvalue weighted by Gasteiger charge is 2.29. The molecule has 3 heterocycles. The summed E-state index contributed by atoms with van der Waals surface area (Å²) in [5.41, 5.74) is 0.460. The van der Waals surface area contributed by atoms with E-state index >= 15 is 0 Å². The number of aliphatic hydroxyl groups excluding tert-OH is 1. The molecule has 1 aliphatic rings. The van der Waals surface area contributed by atoms with Crippen LogP contribution in [0.15, 0.2) is 11.1 Å². The van der Waals surface area contributed by atoms with Gasteiger partial charge in [0.15, 0.2) is 0 Å². The summed E-state index contributed by atoms with van der Waals surface area (Å²) in [6.45, 7) is 2.41. The van der Waals surface area contributed by atoms with E-state index in [4.69, 9.17) is 0 Å². The van der Waals surface area contributed by atoms with Gasteiger partial charge < -0.3 is 15.0 Å². The van der Waals surface area contributed by atoms with E-state index in [0.717, 1.165) is 19.3 Å². The number of piperidine rings is 1. The third-order valence-corrected chi connectivity index (χ3v) is 5.21. The highest BCUT2D eigenvalue weighted by atomic mass is 32.1. The molecule has 0 saturated carbocycles. The van der Waals surface area contributed by atoms with Gasteiger partial charge in [0.05, 0.1) is 29.2 Å². The van der Waals surface area contributed by atoms with Gasteiger partial charge in [-0.2, -0.15) is 0 Å². The van der Waals surface area contributed by atoms with Crippen molar-refractivity contribution in [2.24, 2.45) is 0 Å². The minimum atomic E-state index is -0.217. The number of fused-ring (bicyclic) bond motifs is 1. The molecule has 2 aromatic rings. The van der Waals surface area contributed by atoms with Crippen molar-refractivity contribution >= 4 is 27.5 Å². The highest BCUT2D eigenvalue weighted by molar-refractivity contribution is 7.20. The summed E-state index contributed by atoms with van der Waals surface area (Å²) in [5, 5.41) is 9.94. The van der Waals surface area contributed by atoms with Crippen LogP contribution in [0.1, 0.15) is 34.5 Å². The lowest BCUT2D eigenvalue weighted by molar-refractivity contribution is 0.0507. The fourth-order valence-electron chi connectivity index (χ4n) is 2.87. The van der Waals surface area contributed by atoms with Crippen LogP contribution in [0.3, 0.4) is 0 Å². The SMILES string of the molecule is Cc1c(C(=O)N2CCCCC2CO)sc2nc[nH]c(=O)c12. The molecule has 2 aromatic heterocycles. The molecule has 1 fully saturated rings. The zero-order valence-corrected chi connectivity index (χ0v) is 12.6. The van der Waals surface area contributed by atoms with Crippen molar-refractivity contribution in [2.45, 2.75) is 32.2 Å². The van der Waals surface area contributed by atoms with Gasteiger partial charge in [0.2, 0.25) is 0 Å². The zero-order valence-electron chi connectivity index (χ0n) is 11.8. The molecule has 2 N–H and O–H groups in total. The first kappa shape index (κ1) is 14.2. The average molecular weight is 307 g/mol. The Morgan fingerprint density at radius 1 is 1.57 bits per heavy atom. The van der Waals surface area contributed by atoms with Crippen molar-refractivity contribution in [1.29, 1.82) is 0 Å². The quantitative estimate of drug-likeness (QED) is 0.875. The number of thiophene rings is 1. The number of aromatic nitrogens is 2. The number of carbonyl (C=O) groups is 1. The van der Waals surface area contributed by atoms with Gasteiger partial charge in [0.1, 0.15) is 4.83 Å². The Bertz CT molecular complexity index is 737. The maximum atomic E-state index is 12.8. The monoisotopic (exact) mass is 307 g/mol. The van der Waals surface area contributed by atoms with E-state index in [1.165, 1.54) is 17.7 Å². The predicted molar refractivity (Wildman–Crippen MR) is 80.7 cm³/mol. The fraction of sp³-hybridized carbons (Fsp3) is 0.500. The molecule has 1 amide bonds. The van der Waals surface area contributed by atoms with Crippen LogP contribution in [-0.2, 0) is 0 Å². The molecule has 3 rings (SSSR count). The molecule has 0 aromatic carbocycles. The number of carbonyl (C=O) groups excluding carboxylic acids is 1. The summed E-state index contributed by atoms with van der Waals surface area (Å²) in [6, 6.07) is -0.123. The Balaban J connectivity index is 2.03. The number of nitrogens with zero attached hydrogens (tertiary/aromatic N) is 2. The normalized spacial score (nSPS) is 19.1. The number of hydrogen-bond acceptors (Lipinski definition) is 5. The molecular formula is C14H17N3O3S. The first-order chi connectivity index (χ1) is 10.1. The van der Waals surface area contributed by atoms with Crippen LogP contribution in [0.5, 0.6) is 0 Å². The first-order valence-electron chi connectivity index (χ1n) is 7.02. The number of H-pyrrole nitrogens is 1. The minimum absolute atomic E-state index is 0.0193. The summed E-state index contributed by atoms with van der Waals surface area (Å²) >= 11 is 1.25. The molecular weight excluding hydrogens is 290 g/mol. The molecule has 6 nitrogen and oxygen atoms in total. The second-order valence-electron chi connectivity index (χ2n) is 5.30. The Hall–Kier alpha value is -1.73. The lowest BCUT2D eigenvalue weighted by Crippen LogP contribution is -2.45. The largest absolute Gasteiger partial charge is 0.394 e. The topological polar surface area (TPSA) is 86.3 Å². The first-order valence-corrected chi connectivity index (χ1v) is 7.83. The van der Waals surface area contributed by atoms with Gasteiger partial charge in [-0.25, -0.2) is 4.98 Å². The lowest BCUT2D eigenvalue weighted by Gasteiger charge is -2.34. The molecule has 112 valence electrons. The lowest BCUT2D eigenvalue weighted by atomic mass is 10.0. The van der Waals surface area contributed by atoms with Gasteiger partial charge in [-0.15, -0.1) is 11.3 Å². The average Bonchev–Trinajstić information content (AvgIpc) is 2.85. The number of aliphatic hydroxyl groups is 1. The van der Waals surface area contributed by atoms with Crippen molar-refractivity contribution in [3.05, 3.63) is 27.1 Å². The number of rotatable bonds is 2. The van der Waals surface area contributed by atoms with E-state index in [9.17, 15) is 14.7 Å². The van der Waals surface area contributed by atoms with Gasteiger partial charge in [-0.05, 0) is 31.7 Å².